The second-order valence-electron chi connectivity index (χ2n) is 4.66. The molecule has 1 aromatic rings. The number of furan rings is 1. The van der Waals surface area contributed by atoms with E-state index in [9.17, 15) is 9.59 Å². The van der Waals surface area contributed by atoms with Crippen LogP contribution < -0.4 is 5.32 Å². The van der Waals surface area contributed by atoms with Gasteiger partial charge in [0.25, 0.3) is 0 Å². The van der Waals surface area contributed by atoms with Crippen molar-refractivity contribution < 1.29 is 14.0 Å². The number of rotatable bonds is 2. The smallest absolute Gasteiger partial charge is 0.242 e. The third-order valence-corrected chi connectivity index (χ3v) is 3.33. The molecule has 5 nitrogen and oxygen atoms in total. The lowest BCUT2D eigenvalue weighted by Gasteiger charge is -2.27. The van der Waals surface area contributed by atoms with Crippen LogP contribution in [-0.4, -0.2) is 29.8 Å². The summed E-state index contributed by atoms with van der Waals surface area (Å²) < 4.78 is 5.49. The van der Waals surface area contributed by atoms with Gasteiger partial charge >= 0.3 is 0 Å². The van der Waals surface area contributed by atoms with Crippen LogP contribution in [-0.2, 0) is 9.59 Å². The summed E-state index contributed by atoms with van der Waals surface area (Å²) in [6.45, 7) is 6.28. The van der Waals surface area contributed by atoms with Gasteiger partial charge in [-0.2, -0.15) is 0 Å². The Bertz CT molecular complexity index is 479. The van der Waals surface area contributed by atoms with Gasteiger partial charge in [-0.25, -0.2) is 0 Å². The van der Waals surface area contributed by atoms with Gasteiger partial charge < -0.3 is 14.6 Å². The lowest BCUT2D eigenvalue weighted by Crippen LogP contribution is -2.37. The Kier molecular flexibility index (Phi) is 3.41. The molecule has 1 aliphatic rings. The summed E-state index contributed by atoms with van der Waals surface area (Å²) in [5.74, 6) is 1.55. The van der Waals surface area contributed by atoms with Gasteiger partial charge in [-0.15, -0.1) is 0 Å². The second kappa shape index (κ2) is 4.84. The molecule has 1 unspecified atom stereocenters. The fraction of sp³-hybridized carbons (Fsp3) is 0.538. The molecule has 0 bridgehead atoms. The fourth-order valence-electron chi connectivity index (χ4n) is 2.35. The summed E-state index contributed by atoms with van der Waals surface area (Å²) in [6.07, 6.45) is 0.353. The van der Waals surface area contributed by atoms with E-state index in [-0.39, 0.29) is 24.4 Å². The van der Waals surface area contributed by atoms with Gasteiger partial charge in [0.2, 0.25) is 11.8 Å². The van der Waals surface area contributed by atoms with E-state index >= 15 is 0 Å². The van der Waals surface area contributed by atoms with Crippen molar-refractivity contribution >= 4 is 11.8 Å². The lowest BCUT2D eigenvalue weighted by atomic mass is 10.1. The molecule has 98 valence electrons. The van der Waals surface area contributed by atoms with E-state index < -0.39 is 0 Å². The van der Waals surface area contributed by atoms with Gasteiger partial charge in [0.05, 0.1) is 12.6 Å². The zero-order chi connectivity index (χ0) is 13.3. The van der Waals surface area contributed by atoms with E-state index in [2.05, 4.69) is 5.32 Å². The molecule has 18 heavy (non-hydrogen) atoms. The van der Waals surface area contributed by atoms with Crippen LogP contribution in [0.4, 0.5) is 0 Å². The molecule has 0 aromatic carbocycles. The van der Waals surface area contributed by atoms with E-state index in [4.69, 9.17) is 4.42 Å². The van der Waals surface area contributed by atoms with Crippen LogP contribution in [0.25, 0.3) is 0 Å². The van der Waals surface area contributed by atoms with Crippen molar-refractivity contribution in [2.24, 2.45) is 0 Å². The summed E-state index contributed by atoms with van der Waals surface area (Å²) in [4.78, 5) is 25.0. The Balaban J connectivity index is 2.21. The predicted octanol–water partition coefficient (Wildman–Crippen LogP) is 1.31. The second-order valence-corrected chi connectivity index (χ2v) is 4.66. The minimum absolute atomic E-state index is 0.0494. The Morgan fingerprint density at radius 3 is 2.72 bits per heavy atom. The van der Waals surface area contributed by atoms with Crippen molar-refractivity contribution in [1.82, 2.24) is 10.2 Å². The SMILES string of the molecule is Cc1cc(C(C)N2CCC(=O)NCC2=O)c(C)o1. The van der Waals surface area contributed by atoms with Crippen molar-refractivity contribution in [1.29, 1.82) is 0 Å². The van der Waals surface area contributed by atoms with E-state index in [1.54, 1.807) is 4.90 Å². The molecule has 2 rings (SSSR count). The number of nitrogens with one attached hydrogen (secondary N) is 1. The normalized spacial score (nSPS) is 18.5. The molecule has 1 N–H and O–H groups in total. The first-order valence-corrected chi connectivity index (χ1v) is 6.12. The number of nitrogens with zero attached hydrogens (tertiary/aromatic N) is 1. The van der Waals surface area contributed by atoms with Gasteiger partial charge in [0, 0.05) is 18.5 Å². The molecule has 1 atom stereocenters. The average Bonchev–Trinajstić information content (AvgIpc) is 2.55. The third-order valence-electron chi connectivity index (χ3n) is 3.33. The van der Waals surface area contributed by atoms with Gasteiger partial charge in [0.1, 0.15) is 11.5 Å². The molecule has 1 aliphatic heterocycles. The highest BCUT2D eigenvalue weighted by Gasteiger charge is 2.27. The molecule has 2 heterocycles. The quantitative estimate of drug-likeness (QED) is 0.860. The van der Waals surface area contributed by atoms with Crippen molar-refractivity contribution in [2.45, 2.75) is 33.2 Å². The molecule has 1 saturated heterocycles. The van der Waals surface area contributed by atoms with Crippen LogP contribution in [0.1, 0.15) is 36.5 Å². The Hall–Kier alpha value is -1.78. The van der Waals surface area contributed by atoms with E-state index in [0.717, 1.165) is 17.1 Å². The Labute approximate surface area is 106 Å². The Morgan fingerprint density at radius 1 is 1.39 bits per heavy atom. The number of hydrogen-bond acceptors (Lipinski definition) is 3. The molecule has 0 spiro atoms. The molecule has 0 radical (unpaired) electrons. The van der Waals surface area contributed by atoms with Crippen molar-refractivity contribution in [3.8, 4) is 0 Å². The molecular weight excluding hydrogens is 232 g/mol. The minimum atomic E-state index is -0.0712. The van der Waals surface area contributed by atoms with Crippen LogP contribution in [0.15, 0.2) is 10.5 Å². The van der Waals surface area contributed by atoms with Crippen LogP contribution in [0.5, 0.6) is 0 Å². The van der Waals surface area contributed by atoms with Gasteiger partial charge in [0.15, 0.2) is 0 Å². The van der Waals surface area contributed by atoms with E-state index in [1.165, 1.54) is 0 Å². The summed E-state index contributed by atoms with van der Waals surface area (Å²) in [5.41, 5.74) is 1.01. The molecule has 1 fully saturated rings. The molecule has 2 amide bonds. The van der Waals surface area contributed by atoms with Gasteiger partial charge in [-0.1, -0.05) is 0 Å². The number of aryl methyl sites for hydroxylation is 2. The standard InChI is InChI=1S/C13H18N2O3/c1-8-6-11(10(3)18-8)9(2)15-5-4-12(16)14-7-13(15)17/h6,9H,4-5,7H2,1-3H3,(H,14,16). The summed E-state index contributed by atoms with van der Waals surface area (Å²) >= 11 is 0. The van der Waals surface area contributed by atoms with Crippen molar-refractivity contribution in [3.05, 3.63) is 23.2 Å². The number of hydrogen-bond donors (Lipinski definition) is 1. The van der Waals surface area contributed by atoms with Crippen LogP contribution >= 0.6 is 0 Å². The molecule has 0 saturated carbocycles. The van der Waals surface area contributed by atoms with Gasteiger partial charge in [-0.3, -0.25) is 9.59 Å². The minimum Gasteiger partial charge on any atom is -0.466 e. The first kappa shape index (κ1) is 12.7. The number of carbonyl (C=O) groups is 2. The monoisotopic (exact) mass is 250 g/mol. The van der Waals surface area contributed by atoms with Crippen molar-refractivity contribution in [2.75, 3.05) is 13.1 Å². The Morgan fingerprint density at radius 2 is 2.11 bits per heavy atom. The maximum atomic E-state index is 12.0. The predicted molar refractivity (Wildman–Crippen MR) is 65.9 cm³/mol. The largest absolute Gasteiger partial charge is 0.466 e. The van der Waals surface area contributed by atoms with Crippen LogP contribution in [0.3, 0.4) is 0 Å². The van der Waals surface area contributed by atoms with Crippen molar-refractivity contribution in [3.63, 3.8) is 0 Å². The maximum absolute atomic E-state index is 12.0. The first-order valence-electron chi connectivity index (χ1n) is 6.12. The molecule has 1 aromatic heterocycles. The highest BCUT2D eigenvalue weighted by atomic mass is 16.3. The highest BCUT2D eigenvalue weighted by molar-refractivity contribution is 5.87. The first-order chi connectivity index (χ1) is 8.49. The number of amides is 2. The molecule has 5 heteroatoms. The summed E-state index contributed by atoms with van der Waals surface area (Å²) in [5, 5.41) is 2.60. The fourth-order valence-corrected chi connectivity index (χ4v) is 2.35. The zero-order valence-corrected chi connectivity index (χ0v) is 10.9. The number of carbonyl (C=O) groups excluding carboxylic acids is 2. The summed E-state index contributed by atoms with van der Waals surface area (Å²) in [6, 6.07) is 1.88. The van der Waals surface area contributed by atoms with E-state index in [1.807, 2.05) is 26.8 Å². The van der Waals surface area contributed by atoms with E-state index in [0.29, 0.717) is 13.0 Å². The summed E-state index contributed by atoms with van der Waals surface area (Å²) in [7, 11) is 0. The maximum Gasteiger partial charge on any atom is 0.242 e. The van der Waals surface area contributed by atoms with Gasteiger partial charge in [-0.05, 0) is 26.8 Å². The molecular formula is C13H18N2O3. The topological polar surface area (TPSA) is 62.6 Å². The molecule has 0 aliphatic carbocycles. The average molecular weight is 250 g/mol. The van der Waals surface area contributed by atoms with Crippen LogP contribution in [0, 0.1) is 13.8 Å². The highest BCUT2D eigenvalue weighted by Crippen LogP contribution is 2.26. The zero-order valence-electron chi connectivity index (χ0n) is 10.9. The van der Waals surface area contributed by atoms with Crippen LogP contribution in [0.2, 0.25) is 0 Å². The lowest BCUT2D eigenvalue weighted by molar-refractivity contribution is -0.132. The third kappa shape index (κ3) is 2.39.